The minimum Gasteiger partial charge on any atom is -0.323 e. The summed E-state index contributed by atoms with van der Waals surface area (Å²) in [6.07, 6.45) is 4.61. The first-order valence-electron chi connectivity index (χ1n) is 8.80. The van der Waals surface area contributed by atoms with Crippen molar-refractivity contribution in [3.05, 3.63) is 83.7 Å². The zero-order valence-electron chi connectivity index (χ0n) is 16.0. The Bertz CT molecular complexity index is 1140. The van der Waals surface area contributed by atoms with Crippen LogP contribution in [0.4, 0.5) is 11.6 Å². The monoisotopic (exact) mass is 408 g/mol. The third-order valence-corrected chi connectivity index (χ3v) is 5.30. The van der Waals surface area contributed by atoms with Crippen molar-refractivity contribution in [1.29, 1.82) is 0 Å². The standard InChI is InChI=1S/C21H20N4O3S/c1-15-3-5-17(6-4-15)7-12-20(26)24-18-8-10-19(11-9-18)29(27,28)25-21-22-14-13-16(2)23-21/h3-14H,1-2H3,(H,24,26)(H,22,23,25)/b12-7+. The third kappa shape index (κ3) is 5.73. The van der Waals surface area contributed by atoms with Crippen LogP contribution in [0.5, 0.6) is 0 Å². The lowest BCUT2D eigenvalue weighted by molar-refractivity contribution is -0.111. The number of carbonyl (C=O) groups excluding carboxylic acids is 1. The first-order valence-corrected chi connectivity index (χ1v) is 10.3. The predicted octanol–water partition coefficient (Wildman–Crippen LogP) is 3.55. The van der Waals surface area contributed by atoms with Crippen molar-refractivity contribution in [2.45, 2.75) is 18.7 Å². The largest absolute Gasteiger partial charge is 0.323 e. The van der Waals surface area contributed by atoms with Gasteiger partial charge >= 0.3 is 0 Å². The number of carbonyl (C=O) groups is 1. The third-order valence-electron chi connectivity index (χ3n) is 3.96. The van der Waals surface area contributed by atoms with Crippen molar-refractivity contribution in [3.8, 4) is 0 Å². The van der Waals surface area contributed by atoms with E-state index in [4.69, 9.17) is 0 Å². The van der Waals surface area contributed by atoms with E-state index in [1.165, 1.54) is 36.5 Å². The van der Waals surface area contributed by atoms with Gasteiger partial charge in [0.05, 0.1) is 4.90 Å². The van der Waals surface area contributed by atoms with E-state index in [0.717, 1.165) is 11.1 Å². The van der Waals surface area contributed by atoms with Gasteiger partial charge in [-0.15, -0.1) is 0 Å². The Labute approximate surface area is 169 Å². The van der Waals surface area contributed by atoms with Gasteiger partial charge in [-0.3, -0.25) is 4.79 Å². The Hall–Kier alpha value is -3.52. The van der Waals surface area contributed by atoms with Crippen molar-refractivity contribution in [2.75, 3.05) is 10.0 Å². The molecule has 2 N–H and O–H groups in total. The van der Waals surface area contributed by atoms with Gasteiger partial charge in [-0.05, 0) is 55.8 Å². The fraction of sp³-hybridized carbons (Fsp3) is 0.0952. The van der Waals surface area contributed by atoms with Crippen LogP contribution < -0.4 is 10.0 Å². The summed E-state index contributed by atoms with van der Waals surface area (Å²) in [5.41, 5.74) is 3.19. The van der Waals surface area contributed by atoms with Gasteiger partial charge in [0, 0.05) is 23.7 Å². The lowest BCUT2D eigenvalue weighted by Crippen LogP contribution is -2.15. The molecule has 0 fully saturated rings. The molecule has 0 unspecified atom stereocenters. The molecule has 1 heterocycles. The smallest absolute Gasteiger partial charge is 0.264 e. The van der Waals surface area contributed by atoms with Crippen molar-refractivity contribution in [1.82, 2.24) is 9.97 Å². The summed E-state index contributed by atoms with van der Waals surface area (Å²) in [6.45, 7) is 3.73. The molecule has 148 valence electrons. The first kappa shape index (κ1) is 20.2. The van der Waals surface area contributed by atoms with Gasteiger partial charge in [0.1, 0.15) is 0 Å². The minimum atomic E-state index is -3.83. The summed E-state index contributed by atoms with van der Waals surface area (Å²) in [5, 5.41) is 2.69. The molecule has 0 spiro atoms. The molecule has 3 aromatic rings. The van der Waals surface area contributed by atoms with Gasteiger partial charge in [0.15, 0.2) is 0 Å². The molecule has 7 nitrogen and oxygen atoms in total. The number of rotatable bonds is 6. The van der Waals surface area contributed by atoms with E-state index in [2.05, 4.69) is 20.0 Å². The van der Waals surface area contributed by atoms with Crippen LogP contribution in [0.2, 0.25) is 0 Å². The maximum absolute atomic E-state index is 12.4. The van der Waals surface area contributed by atoms with E-state index in [0.29, 0.717) is 11.4 Å². The van der Waals surface area contributed by atoms with Gasteiger partial charge < -0.3 is 5.32 Å². The van der Waals surface area contributed by atoms with Gasteiger partial charge in [-0.2, -0.15) is 0 Å². The number of hydrogen-bond acceptors (Lipinski definition) is 5. The zero-order chi connectivity index (χ0) is 20.9. The highest BCUT2D eigenvalue weighted by molar-refractivity contribution is 7.92. The molecule has 2 aromatic carbocycles. The number of amides is 1. The molecule has 0 aliphatic carbocycles. The van der Waals surface area contributed by atoms with E-state index < -0.39 is 10.0 Å². The molecule has 0 aliphatic heterocycles. The average molecular weight is 408 g/mol. The highest BCUT2D eigenvalue weighted by atomic mass is 32.2. The molecule has 3 rings (SSSR count). The molecular weight excluding hydrogens is 388 g/mol. The van der Waals surface area contributed by atoms with Crippen molar-refractivity contribution < 1.29 is 13.2 Å². The van der Waals surface area contributed by atoms with E-state index in [1.54, 1.807) is 19.1 Å². The van der Waals surface area contributed by atoms with Crippen LogP contribution in [0.1, 0.15) is 16.8 Å². The van der Waals surface area contributed by atoms with Gasteiger partial charge in [-0.1, -0.05) is 29.8 Å². The zero-order valence-corrected chi connectivity index (χ0v) is 16.8. The topological polar surface area (TPSA) is 101 Å². The van der Waals surface area contributed by atoms with Crippen molar-refractivity contribution in [3.63, 3.8) is 0 Å². The molecule has 1 aromatic heterocycles. The second-order valence-electron chi connectivity index (χ2n) is 6.38. The molecule has 0 atom stereocenters. The minimum absolute atomic E-state index is 0.00335. The first-order chi connectivity index (χ1) is 13.8. The summed E-state index contributed by atoms with van der Waals surface area (Å²) < 4.78 is 27.2. The summed E-state index contributed by atoms with van der Waals surface area (Å²) in [7, 11) is -3.83. The summed E-state index contributed by atoms with van der Waals surface area (Å²) in [6, 6.07) is 15.3. The number of benzene rings is 2. The molecule has 0 saturated carbocycles. The summed E-state index contributed by atoms with van der Waals surface area (Å²) >= 11 is 0. The van der Waals surface area contributed by atoms with Crippen molar-refractivity contribution in [2.24, 2.45) is 0 Å². The molecule has 1 amide bonds. The lowest BCUT2D eigenvalue weighted by atomic mass is 10.1. The molecule has 0 radical (unpaired) electrons. The van der Waals surface area contributed by atoms with Gasteiger partial charge in [0.2, 0.25) is 11.9 Å². The Balaban J connectivity index is 1.64. The molecular formula is C21H20N4O3S. The van der Waals surface area contributed by atoms with E-state index in [-0.39, 0.29) is 16.8 Å². The lowest BCUT2D eigenvalue weighted by Gasteiger charge is -2.08. The Morgan fingerprint density at radius 1 is 0.966 bits per heavy atom. The Morgan fingerprint density at radius 3 is 2.31 bits per heavy atom. The van der Waals surface area contributed by atoms with Gasteiger partial charge in [0.25, 0.3) is 10.0 Å². The molecule has 0 saturated heterocycles. The number of nitrogens with one attached hydrogen (secondary N) is 2. The maximum Gasteiger partial charge on any atom is 0.264 e. The average Bonchev–Trinajstić information content (AvgIpc) is 2.68. The fourth-order valence-corrected chi connectivity index (χ4v) is 3.38. The van der Waals surface area contributed by atoms with Crippen molar-refractivity contribution >= 4 is 33.6 Å². The van der Waals surface area contributed by atoms with Crippen LogP contribution in [0, 0.1) is 13.8 Å². The van der Waals surface area contributed by atoms with Crippen LogP contribution in [-0.2, 0) is 14.8 Å². The van der Waals surface area contributed by atoms with E-state index >= 15 is 0 Å². The number of hydrogen-bond donors (Lipinski definition) is 2. The molecule has 0 bridgehead atoms. The number of nitrogens with zero attached hydrogens (tertiary/aromatic N) is 2. The molecule has 29 heavy (non-hydrogen) atoms. The normalized spacial score (nSPS) is 11.4. The number of aromatic nitrogens is 2. The van der Waals surface area contributed by atoms with Crippen LogP contribution in [-0.4, -0.2) is 24.3 Å². The van der Waals surface area contributed by atoms with Crippen LogP contribution in [0.25, 0.3) is 6.08 Å². The summed E-state index contributed by atoms with van der Waals surface area (Å²) in [4.78, 5) is 20.0. The molecule has 0 aliphatic rings. The quantitative estimate of drug-likeness (QED) is 0.608. The van der Waals surface area contributed by atoms with Crippen LogP contribution in [0.3, 0.4) is 0 Å². The highest BCUT2D eigenvalue weighted by Crippen LogP contribution is 2.17. The van der Waals surface area contributed by atoms with Crippen LogP contribution >= 0.6 is 0 Å². The SMILES string of the molecule is Cc1ccc(/C=C/C(=O)Nc2ccc(S(=O)(=O)Nc3nccc(C)n3)cc2)cc1. The number of anilines is 2. The second-order valence-corrected chi connectivity index (χ2v) is 8.07. The maximum atomic E-state index is 12.4. The highest BCUT2D eigenvalue weighted by Gasteiger charge is 2.15. The summed E-state index contributed by atoms with van der Waals surface area (Å²) in [5.74, 6) is -0.309. The Morgan fingerprint density at radius 2 is 1.66 bits per heavy atom. The fourth-order valence-electron chi connectivity index (χ4n) is 2.43. The van der Waals surface area contributed by atoms with E-state index in [1.807, 2.05) is 31.2 Å². The molecule has 8 heteroatoms. The van der Waals surface area contributed by atoms with Crippen LogP contribution in [0.15, 0.2) is 71.8 Å². The van der Waals surface area contributed by atoms with Gasteiger partial charge in [-0.25, -0.2) is 23.1 Å². The number of aryl methyl sites for hydroxylation is 2. The predicted molar refractivity (Wildman–Crippen MR) is 113 cm³/mol. The van der Waals surface area contributed by atoms with E-state index in [9.17, 15) is 13.2 Å². The Kier molecular flexibility index (Phi) is 6.04. The second kappa shape index (κ2) is 8.66. The number of sulfonamides is 1.